The fourth-order valence-corrected chi connectivity index (χ4v) is 3.11. The molecule has 2 amide bonds. The summed E-state index contributed by atoms with van der Waals surface area (Å²) >= 11 is 0. The number of amides is 2. The number of hydrogen-bond donors (Lipinski definition) is 1. The monoisotopic (exact) mass is 413 g/mol. The van der Waals surface area contributed by atoms with Crippen LogP contribution in [0.2, 0.25) is 0 Å². The van der Waals surface area contributed by atoms with Crippen molar-refractivity contribution in [2.75, 3.05) is 44.6 Å². The van der Waals surface area contributed by atoms with Crippen molar-refractivity contribution in [3.8, 4) is 5.75 Å². The van der Waals surface area contributed by atoms with Crippen LogP contribution in [0.5, 0.6) is 5.75 Å². The number of anilines is 1. The number of ketones is 1. The molecule has 158 valence electrons. The molecule has 0 spiro atoms. The summed E-state index contributed by atoms with van der Waals surface area (Å²) in [5, 5.41) is 2.73. The molecule has 2 aromatic carbocycles. The molecule has 0 radical (unpaired) electrons. The maximum Gasteiger partial charge on any atom is 0.260 e. The Balaban J connectivity index is 1.38. The molecular weight excluding hydrogens is 389 g/mol. The van der Waals surface area contributed by atoms with Crippen molar-refractivity contribution in [2.24, 2.45) is 0 Å². The zero-order valence-electron chi connectivity index (χ0n) is 16.8. The van der Waals surface area contributed by atoms with Crippen LogP contribution in [0.25, 0.3) is 0 Å². The fraction of sp³-hybridized carbons (Fsp3) is 0.318. The number of ether oxygens (including phenoxy) is 1. The first-order valence-electron chi connectivity index (χ1n) is 9.70. The highest BCUT2D eigenvalue weighted by Gasteiger charge is 2.22. The first-order chi connectivity index (χ1) is 14.4. The third-order valence-corrected chi connectivity index (χ3v) is 4.84. The minimum Gasteiger partial charge on any atom is -0.484 e. The Kier molecular flexibility index (Phi) is 7.13. The van der Waals surface area contributed by atoms with Crippen LogP contribution in [0.1, 0.15) is 17.3 Å². The first kappa shape index (κ1) is 21.4. The number of carbonyl (C=O) groups is 3. The molecule has 0 aromatic heterocycles. The molecule has 1 aliphatic heterocycles. The number of carbonyl (C=O) groups excluding carboxylic acids is 3. The van der Waals surface area contributed by atoms with Crippen LogP contribution in [0.15, 0.2) is 48.5 Å². The van der Waals surface area contributed by atoms with Gasteiger partial charge in [-0.25, -0.2) is 4.39 Å². The molecule has 30 heavy (non-hydrogen) atoms. The summed E-state index contributed by atoms with van der Waals surface area (Å²) in [4.78, 5) is 39.5. The van der Waals surface area contributed by atoms with E-state index < -0.39 is 0 Å². The number of nitrogens with zero attached hydrogens (tertiary/aromatic N) is 2. The molecule has 0 saturated carbocycles. The quantitative estimate of drug-likeness (QED) is 0.704. The minimum atomic E-state index is -0.356. The van der Waals surface area contributed by atoms with Crippen LogP contribution in [0, 0.1) is 5.82 Å². The lowest BCUT2D eigenvalue weighted by Crippen LogP contribution is -2.51. The topological polar surface area (TPSA) is 79.0 Å². The third-order valence-electron chi connectivity index (χ3n) is 4.84. The van der Waals surface area contributed by atoms with Crippen LogP contribution in [-0.2, 0) is 9.59 Å². The normalized spacial score (nSPS) is 14.3. The van der Waals surface area contributed by atoms with E-state index in [1.54, 1.807) is 29.2 Å². The van der Waals surface area contributed by atoms with Gasteiger partial charge in [0.1, 0.15) is 11.6 Å². The zero-order valence-corrected chi connectivity index (χ0v) is 16.8. The van der Waals surface area contributed by atoms with Crippen molar-refractivity contribution in [2.45, 2.75) is 6.92 Å². The Hall–Kier alpha value is -3.26. The molecule has 3 rings (SSSR count). The van der Waals surface area contributed by atoms with Crippen molar-refractivity contribution in [1.82, 2.24) is 9.80 Å². The molecule has 0 unspecified atom stereocenters. The van der Waals surface area contributed by atoms with E-state index in [1.807, 2.05) is 4.90 Å². The number of halogens is 1. The van der Waals surface area contributed by atoms with Crippen LogP contribution >= 0.6 is 0 Å². The van der Waals surface area contributed by atoms with Crippen molar-refractivity contribution >= 4 is 23.3 Å². The van der Waals surface area contributed by atoms with Gasteiger partial charge in [-0.3, -0.25) is 19.3 Å². The summed E-state index contributed by atoms with van der Waals surface area (Å²) in [5.74, 6) is -0.156. The van der Waals surface area contributed by atoms with Crippen molar-refractivity contribution < 1.29 is 23.5 Å². The van der Waals surface area contributed by atoms with Gasteiger partial charge in [0.05, 0.1) is 6.54 Å². The highest BCUT2D eigenvalue weighted by molar-refractivity contribution is 5.94. The number of benzene rings is 2. The number of Topliss-reactive ketones (excluding diaryl/α,β-unsaturated/α-hetero) is 1. The molecular formula is C22H24FN3O4. The van der Waals surface area contributed by atoms with Gasteiger partial charge in [-0.1, -0.05) is 0 Å². The molecule has 1 heterocycles. The summed E-state index contributed by atoms with van der Waals surface area (Å²) in [7, 11) is 0. The lowest BCUT2D eigenvalue weighted by molar-refractivity contribution is -0.135. The highest BCUT2D eigenvalue weighted by atomic mass is 19.1. The van der Waals surface area contributed by atoms with Crippen LogP contribution < -0.4 is 10.1 Å². The Morgan fingerprint density at radius 1 is 0.967 bits per heavy atom. The molecule has 0 aliphatic carbocycles. The Labute approximate surface area is 174 Å². The Morgan fingerprint density at radius 2 is 1.60 bits per heavy atom. The highest BCUT2D eigenvalue weighted by Crippen LogP contribution is 2.13. The Morgan fingerprint density at radius 3 is 2.20 bits per heavy atom. The van der Waals surface area contributed by atoms with Gasteiger partial charge in [0.2, 0.25) is 5.91 Å². The minimum absolute atomic E-state index is 0.0261. The first-order valence-corrected chi connectivity index (χ1v) is 9.70. The predicted octanol–water partition coefficient (Wildman–Crippen LogP) is 2.19. The summed E-state index contributed by atoms with van der Waals surface area (Å²) in [5.41, 5.74) is 1.14. The molecule has 1 saturated heterocycles. The lowest BCUT2D eigenvalue weighted by Gasteiger charge is -2.34. The zero-order chi connectivity index (χ0) is 21.5. The van der Waals surface area contributed by atoms with E-state index >= 15 is 0 Å². The van der Waals surface area contributed by atoms with Gasteiger partial charge in [0.25, 0.3) is 5.91 Å². The molecule has 7 nitrogen and oxygen atoms in total. The average Bonchev–Trinajstić information content (AvgIpc) is 2.74. The SMILES string of the molecule is CC(=O)c1ccc(OCC(=O)N2CCN(CC(=O)Nc3ccc(F)cc3)CC2)cc1. The molecule has 0 bridgehead atoms. The molecule has 0 atom stereocenters. The molecule has 1 aliphatic rings. The fourth-order valence-electron chi connectivity index (χ4n) is 3.11. The van der Waals surface area contributed by atoms with E-state index in [0.717, 1.165) is 0 Å². The smallest absolute Gasteiger partial charge is 0.260 e. The van der Waals surface area contributed by atoms with Gasteiger partial charge in [-0.2, -0.15) is 0 Å². The number of rotatable bonds is 7. The van der Waals surface area contributed by atoms with Crippen molar-refractivity contribution in [1.29, 1.82) is 0 Å². The van der Waals surface area contributed by atoms with Crippen LogP contribution in [0.3, 0.4) is 0 Å². The van der Waals surface area contributed by atoms with Gasteiger partial charge in [0, 0.05) is 37.4 Å². The standard InChI is InChI=1S/C22H24FN3O4/c1-16(27)17-2-8-20(9-3-17)30-15-22(29)26-12-10-25(11-13-26)14-21(28)24-19-6-4-18(23)5-7-19/h2-9H,10-15H2,1H3,(H,24,28). The lowest BCUT2D eigenvalue weighted by atomic mass is 10.1. The van der Waals surface area contributed by atoms with E-state index in [9.17, 15) is 18.8 Å². The summed E-state index contributed by atoms with van der Waals surface area (Å²) in [6.45, 7) is 3.80. The second kappa shape index (κ2) is 9.98. The van der Waals surface area contributed by atoms with E-state index in [1.165, 1.54) is 31.2 Å². The van der Waals surface area contributed by atoms with Gasteiger partial charge in [-0.15, -0.1) is 0 Å². The van der Waals surface area contributed by atoms with E-state index in [2.05, 4.69) is 5.32 Å². The average molecular weight is 413 g/mol. The molecule has 1 N–H and O–H groups in total. The maximum atomic E-state index is 12.9. The van der Waals surface area contributed by atoms with E-state index in [-0.39, 0.29) is 36.6 Å². The van der Waals surface area contributed by atoms with Gasteiger partial charge in [-0.05, 0) is 55.5 Å². The molecule has 1 fully saturated rings. The van der Waals surface area contributed by atoms with Crippen LogP contribution in [-0.4, -0.2) is 66.7 Å². The third kappa shape index (κ3) is 6.12. The van der Waals surface area contributed by atoms with Gasteiger partial charge in [0.15, 0.2) is 12.4 Å². The number of nitrogens with one attached hydrogen (secondary N) is 1. The second-order valence-electron chi connectivity index (χ2n) is 7.08. The maximum absolute atomic E-state index is 12.9. The number of hydrogen-bond acceptors (Lipinski definition) is 5. The molecule has 8 heteroatoms. The van der Waals surface area contributed by atoms with Gasteiger partial charge < -0.3 is 15.0 Å². The van der Waals surface area contributed by atoms with Crippen molar-refractivity contribution in [3.63, 3.8) is 0 Å². The van der Waals surface area contributed by atoms with Crippen molar-refractivity contribution in [3.05, 3.63) is 59.9 Å². The van der Waals surface area contributed by atoms with Gasteiger partial charge >= 0.3 is 0 Å². The van der Waals surface area contributed by atoms with E-state index in [4.69, 9.17) is 4.74 Å². The second-order valence-corrected chi connectivity index (χ2v) is 7.08. The summed E-state index contributed by atoms with van der Waals surface area (Å²) < 4.78 is 18.4. The summed E-state index contributed by atoms with van der Waals surface area (Å²) in [6.07, 6.45) is 0. The molecule has 2 aromatic rings. The van der Waals surface area contributed by atoms with E-state index in [0.29, 0.717) is 43.2 Å². The predicted molar refractivity (Wildman–Crippen MR) is 110 cm³/mol. The summed E-state index contributed by atoms with van der Waals surface area (Å²) in [6, 6.07) is 12.3. The largest absolute Gasteiger partial charge is 0.484 e. The van der Waals surface area contributed by atoms with Crippen LogP contribution in [0.4, 0.5) is 10.1 Å². The Bertz CT molecular complexity index is 892. The number of piperazine rings is 1.